The van der Waals surface area contributed by atoms with Crippen LogP contribution in [0.2, 0.25) is 5.02 Å². The molecular formula is C15H14ClFN2O. The zero-order valence-electron chi connectivity index (χ0n) is 11.1. The molecular weight excluding hydrogens is 279 g/mol. The van der Waals surface area contributed by atoms with E-state index in [1.807, 2.05) is 20.0 Å². The highest BCUT2D eigenvalue weighted by Crippen LogP contribution is 2.23. The van der Waals surface area contributed by atoms with E-state index in [-0.39, 0.29) is 10.9 Å². The summed E-state index contributed by atoms with van der Waals surface area (Å²) >= 11 is 5.88. The van der Waals surface area contributed by atoms with Crippen LogP contribution in [0, 0.1) is 12.7 Å². The molecule has 0 unspecified atom stereocenters. The van der Waals surface area contributed by atoms with Crippen molar-refractivity contribution in [1.29, 1.82) is 0 Å². The lowest BCUT2D eigenvalue weighted by atomic mass is 10.1. The number of hydrogen-bond donors (Lipinski definition) is 2. The SMILES string of the molecule is CNc1ccc(C(=O)Nc2ccc(F)cc2Cl)cc1C. The van der Waals surface area contributed by atoms with Crippen molar-refractivity contribution in [1.82, 2.24) is 0 Å². The van der Waals surface area contributed by atoms with Gasteiger partial charge in [0, 0.05) is 18.3 Å². The second-order valence-corrected chi connectivity index (χ2v) is 4.77. The van der Waals surface area contributed by atoms with Gasteiger partial charge in [-0.15, -0.1) is 0 Å². The van der Waals surface area contributed by atoms with Crippen LogP contribution in [0.15, 0.2) is 36.4 Å². The van der Waals surface area contributed by atoms with Gasteiger partial charge in [-0.1, -0.05) is 11.6 Å². The summed E-state index contributed by atoms with van der Waals surface area (Å²) in [5, 5.41) is 5.86. The first-order valence-electron chi connectivity index (χ1n) is 6.06. The number of nitrogens with one attached hydrogen (secondary N) is 2. The van der Waals surface area contributed by atoms with Gasteiger partial charge in [-0.2, -0.15) is 0 Å². The third kappa shape index (κ3) is 3.08. The summed E-state index contributed by atoms with van der Waals surface area (Å²) in [4.78, 5) is 12.1. The maximum atomic E-state index is 12.9. The third-order valence-corrected chi connectivity index (χ3v) is 3.25. The molecule has 0 fully saturated rings. The molecule has 0 aliphatic rings. The van der Waals surface area contributed by atoms with Gasteiger partial charge >= 0.3 is 0 Å². The zero-order valence-corrected chi connectivity index (χ0v) is 11.9. The van der Waals surface area contributed by atoms with E-state index in [0.29, 0.717) is 11.3 Å². The highest BCUT2D eigenvalue weighted by atomic mass is 35.5. The van der Waals surface area contributed by atoms with E-state index in [0.717, 1.165) is 17.3 Å². The van der Waals surface area contributed by atoms with Crippen LogP contribution in [-0.4, -0.2) is 13.0 Å². The van der Waals surface area contributed by atoms with E-state index < -0.39 is 5.82 Å². The Kier molecular flexibility index (Phi) is 4.25. The van der Waals surface area contributed by atoms with Crippen LogP contribution in [0.1, 0.15) is 15.9 Å². The van der Waals surface area contributed by atoms with E-state index in [9.17, 15) is 9.18 Å². The molecule has 2 rings (SSSR count). The minimum Gasteiger partial charge on any atom is -0.388 e. The summed E-state index contributed by atoms with van der Waals surface area (Å²) < 4.78 is 12.9. The lowest BCUT2D eigenvalue weighted by Crippen LogP contribution is -2.12. The van der Waals surface area contributed by atoms with Crippen LogP contribution >= 0.6 is 11.6 Å². The van der Waals surface area contributed by atoms with Crippen LogP contribution in [-0.2, 0) is 0 Å². The predicted octanol–water partition coefficient (Wildman–Crippen LogP) is 4.08. The van der Waals surface area contributed by atoms with Crippen LogP contribution in [0.3, 0.4) is 0 Å². The summed E-state index contributed by atoms with van der Waals surface area (Å²) in [7, 11) is 1.82. The van der Waals surface area contributed by atoms with Gasteiger partial charge in [0.05, 0.1) is 10.7 Å². The second-order valence-electron chi connectivity index (χ2n) is 4.36. The van der Waals surface area contributed by atoms with E-state index in [2.05, 4.69) is 10.6 Å². The van der Waals surface area contributed by atoms with Crippen molar-refractivity contribution in [2.75, 3.05) is 17.7 Å². The monoisotopic (exact) mass is 292 g/mol. The van der Waals surface area contributed by atoms with Crippen molar-refractivity contribution < 1.29 is 9.18 Å². The fourth-order valence-electron chi connectivity index (χ4n) is 1.87. The largest absolute Gasteiger partial charge is 0.388 e. The molecule has 0 aliphatic heterocycles. The van der Waals surface area contributed by atoms with Gasteiger partial charge in [0.1, 0.15) is 5.82 Å². The number of halogens is 2. The maximum absolute atomic E-state index is 12.9. The smallest absolute Gasteiger partial charge is 0.255 e. The van der Waals surface area contributed by atoms with Crippen molar-refractivity contribution in [2.45, 2.75) is 6.92 Å². The average molecular weight is 293 g/mol. The van der Waals surface area contributed by atoms with Gasteiger partial charge in [0.15, 0.2) is 0 Å². The maximum Gasteiger partial charge on any atom is 0.255 e. The van der Waals surface area contributed by atoms with Crippen molar-refractivity contribution in [3.63, 3.8) is 0 Å². The highest BCUT2D eigenvalue weighted by Gasteiger charge is 2.10. The molecule has 20 heavy (non-hydrogen) atoms. The van der Waals surface area contributed by atoms with Gasteiger partial charge in [0.2, 0.25) is 0 Å². The molecule has 0 heterocycles. The number of benzene rings is 2. The quantitative estimate of drug-likeness (QED) is 0.895. The Hall–Kier alpha value is -2.07. The van der Waals surface area contributed by atoms with Crippen molar-refractivity contribution in [3.8, 4) is 0 Å². The van der Waals surface area contributed by atoms with E-state index >= 15 is 0 Å². The highest BCUT2D eigenvalue weighted by molar-refractivity contribution is 6.33. The molecule has 3 nitrogen and oxygen atoms in total. The lowest BCUT2D eigenvalue weighted by Gasteiger charge is -2.10. The molecule has 104 valence electrons. The number of aryl methyl sites for hydroxylation is 1. The number of amides is 1. The molecule has 0 saturated heterocycles. The number of hydrogen-bond acceptors (Lipinski definition) is 2. The minimum absolute atomic E-state index is 0.168. The molecule has 2 N–H and O–H groups in total. The molecule has 0 aliphatic carbocycles. The second kappa shape index (κ2) is 5.92. The van der Waals surface area contributed by atoms with Crippen molar-refractivity contribution >= 4 is 28.9 Å². The number of carbonyl (C=O) groups excluding carboxylic acids is 1. The molecule has 1 amide bonds. The van der Waals surface area contributed by atoms with Gasteiger partial charge < -0.3 is 10.6 Å². The number of anilines is 2. The molecule has 5 heteroatoms. The topological polar surface area (TPSA) is 41.1 Å². The van der Waals surface area contributed by atoms with Crippen molar-refractivity contribution in [2.24, 2.45) is 0 Å². The zero-order chi connectivity index (χ0) is 14.7. The van der Waals surface area contributed by atoms with Crippen LogP contribution in [0.4, 0.5) is 15.8 Å². The van der Waals surface area contributed by atoms with Gasteiger partial charge in [-0.05, 0) is 48.9 Å². The lowest BCUT2D eigenvalue weighted by molar-refractivity contribution is 0.102. The van der Waals surface area contributed by atoms with Gasteiger partial charge in [-0.3, -0.25) is 4.79 Å². The third-order valence-electron chi connectivity index (χ3n) is 2.94. The molecule has 0 saturated carbocycles. The van der Waals surface area contributed by atoms with E-state index in [4.69, 9.17) is 11.6 Å². The van der Waals surface area contributed by atoms with Gasteiger partial charge in [-0.25, -0.2) is 4.39 Å². The molecule has 0 spiro atoms. The summed E-state index contributed by atoms with van der Waals surface area (Å²) in [6, 6.07) is 9.16. The summed E-state index contributed by atoms with van der Waals surface area (Å²) in [6.45, 7) is 1.91. The Labute approximate surface area is 121 Å². The fourth-order valence-corrected chi connectivity index (χ4v) is 2.09. The Bertz CT molecular complexity index is 658. The first-order chi connectivity index (χ1) is 9.51. The number of carbonyl (C=O) groups is 1. The molecule has 0 atom stereocenters. The Balaban J connectivity index is 2.21. The first kappa shape index (κ1) is 14.3. The normalized spacial score (nSPS) is 10.2. The van der Waals surface area contributed by atoms with Crippen LogP contribution < -0.4 is 10.6 Å². The fraction of sp³-hybridized carbons (Fsp3) is 0.133. The average Bonchev–Trinajstić information content (AvgIpc) is 2.41. The Morgan fingerprint density at radius 1 is 1.15 bits per heavy atom. The predicted molar refractivity (Wildman–Crippen MR) is 80.1 cm³/mol. The van der Waals surface area contributed by atoms with Crippen LogP contribution in [0.5, 0.6) is 0 Å². The molecule has 0 radical (unpaired) electrons. The Morgan fingerprint density at radius 2 is 1.85 bits per heavy atom. The Morgan fingerprint density at radius 3 is 2.45 bits per heavy atom. The van der Waals surface area contributed by atoms with Crippen LogP contribution in [0.25, 0.3) is 0 Å². The molecule has 0 bridgehead atoms. The van der Waals surface area contributed by atoms with Gasteiger partial charge in [0.25, 0.3) is 5.91 Å². The molecule has 0 aromatic heterocycles. The van der Waals surface area contributed by atoms with E-state index in [1.165, 1.54) is 12.1 Å². The standard InChI is InChI=1S/C15H14ClFN2O/c1-9-7-10(3-5-13(9)18-2)15(20)19-14-6-4-11(17)8-12(14)16/h3-8,18H,1-2H3,(H,19,20). The van der Waals surface area contributed by atoms with E-state index in [1.54, 1.807) is 12.1 Å². The molecule has 2 aromatic rings. The first-order valence-corrected chi connectivity index (χ1v) is 6.44. The minimum atomic E-state index is -0.442. The van der Waals surface area contributed by atoms with Crippen molar-refractivity contribution in [3.05, 3.63) is 58.4 Å². The summed E-state index contributed by atoms with van der Waals surface area (Å²) in [5.41, 5.74) is 2.82. The number of rotatable bonds is 3. The molecule has 2 aromatic carbocycles. The summed E-state index contributed by atoms with van der Waals surface area (Å²) in [5.74, 6) is -0.730. The summed E-state index contributed by atoms with van der Waals surface area (Å²) in [6.07, 6.45) is 0.